The molecule has 1 heterocycles. The maximum Gasteiger partial charge on any atom is 0.279 e. The van der Waals surface area contributed by atoms with Crippen molar-refractivity contribution in [3.05, 3.63) is 45.3 Å². The van der Waals surface area contributed by atoms with Crippen molar-refractivity contribution in [3.8, 4) is 0 Å². The molecule has 0 aliphatic heterocycles. The molecule has 0 bridgehead atoms. The van der Waals surface area contributed by atoms with Crippen LogP contribution in [0.1, 0.15) is 0 Å². The smallest absolute Gasteiger partial charge is 0.279 e. The molecule has 0 spiro atoms. The molecule has 82 valence electrons. The molecule has 1 aromatic heterocycles. The number of hydrogen-bond acceptors (Lipinski definition) is 4. The summed E-state index contributed by atoms with van der Waals surface area (Å²) in [4.78, 5) is 12.9. The van der Waals surface area contributed by atoms with Gasteiger partial charge in [0, 0.05) is 10.6 Å². The maximum atomic E-state index is 11.3. The summed E-state index contributed by atoms with van der Waals surface area (Å²) in [6.45, 7) is 0. The SMILES string of the molecule is Nc1ccccc1Sc1cn[nH]c(=O)c1Br. The van der Waals surface area contributed by atoms with Crippen molar-refractivity contribution in [2.24, 2.45) is 0 Å². The van der Waals surface area contributed by atoms with Gasteiger partial charge in [-0.1, -0.05) is 23.9 Å². The van der Waals surface area contributed by atoms with Crippen molar-refractivity contribution in [1.29, 1.82) is 0 Å². The van der Waals surface area contributed by atoms with E-state index in [-0.39, 0.29) is 5.56 Å². The second-order valence-electron chi connectivity index (χ2n) is 3.02. The van der Waals surface area contributed by atoms with Crippen LogP contribution in [-0.2, 0) is 0 Å². The minimum absolute atomic E-state index is 0.250. The minimum Gasteiger partial charge on any atom is -0.398 e. The minimum atomic E-state index is -0.250. The Morgan fingerprint density at radius 1 is 1.31 bits per heavy atom. The molecule has 6 heteroatoms. The van der Waals surface area contributed by atoms with E-state index in [2.05, 4.69) is 26.1 Å². The number of H-pyrrole nitrogens is 1. The second-order valence-corrected chi connectivity index (χ2v) is 4.89. The molecule has 0 fully saturated rings. The van der Waals surface area contributed by atoms with Crippen LogP contribution < -0.4 is 11.3 Å². The first-order valence-corrected chi connectivity index (χ1v) is 6.05. The van der Waals surface area contributed by atoms with Crippen LogP contribution in [0.25, 0.3) is 0 Å². The molecular weight excluding hydrogens is 290 g/mol. The molecule has 1 aromatic carbocycles. The zero-order valence-electron chi connectivity index (χ0n) is 8.11. The number of rotatable bonds is 2. The number of halogens is 1. The van der Waals surface area contributed by atoms with Gasteiger partial charge in [-0.15, -0.1) is 0 Å². The van der Waals surface area contributed by atoms with E-state index >= 15 is 0 Å². The summed E-state index contributed by atoms with van der Waals surface area (Å²) in [6, 6.07) is 7.47. The highest BCUT2D eigenvalue weighted by molar-refractivity contribution is 9.10. The molecule has 0 radical (unpaired) electrons. The van der Waals surface area contributed by atoms with Gasteiger partial charge < -0.3 is 5.73 Å². The quantitative estimate of drug-likeness (QED) is 0.834. The molecule has 4 nitrogen and oxygen atoms in total. The first-order chi connectivity index (χ1) is 7.68. The van der Waals surface area contributed by atoms with Gasteiger partial charge in [-0.3, -0.25) is 4.79 Å². The van der Waals surface area contributed by atoms with E-state index in [1.54, 1.807) is 6.20 Å². The van der Waals surface area contributed by atoms with Crippen molar-refractivity contribution >= 4 is 33.4 Å². The van der Waals surface area contributed by atoms with Crippen LogP contribution in [-0.4, -0.2) is 10.2 Å². The lowest BCUT2D eigenvalue weighted by molar-refractivity contribution is 0.942. The molecule has 0 aliphatic carbocycles. The highest BCUT2D eigenvalue weighted by atomic mass is 79.9. The average molecular weight is 298 g/mol. The number of para-hydroxylation sites is 1. The summed E-state index contributed by atoms with van der Waals surface area (Å²) in [7, 11) is 0. The van der Waals surface area contributed by atoms with Crippen LogP contribution in [0.2, 0.25) is 0 Å². The number of nitrogens with zero attached hydrogens (tertiary/aromatic N) is 1. The average Bonchev–Trinajstić information content (AvgIpc) is 2.28. The highest BCUT2D eigenvalue weighted by Gasteiger charge is 2.07. The van der Waals surface area contributed by atoms with E-state index in [4.69, 9.17) is 5.73 Å². The molecule has 0 saturated heterocycles. The van der Waals surface area contributed by atoms with Crippen LogP contribution >= 0.6 is 27.7 Å². The zero-order valence-corrected chi connectivity index (χ0v) is 10.5. The highest BCUT2D eigenvalue weighted by Crippen LogP contribution is 2.33. The standard InChI is InChI=1S/C10H8BrN3OS/c11-9-8(5-13-14-10(9)15)16-7-4-2-1-3-6(7)12/h1-5H,12H2,(H,14,15). The number of nitrogens with two attached hydrogens (primary N) is 1. The summed E-state index contributed by atoms with van der Waals surface area (Å²) < 4.78 is 0.468. The number of anilines is 1. The molecular formula is C10H8BrN3OS. The first kappa shape index (κ1) is 11.2. The predicted molar refractivity (Wildman–Crippen MR) is 67.5 cm³/mol. The number of aromatic amines is 1. The monoisotopic (exact) mass is 297 g/mol. The lowest BCUT2D eigenvalue weighted by atomic mass is 10.3. The topological polar surface area (TPSA) is 71.8 Å². The molecule has 3 N–H and O–H groups in total. The Bertz CT molecular complexity index is 570. The molecule has 2 aromatic rings. The normalized spacial score (nSPS) is 10.3. The van der Waals surface area contributed by atoms with Gasteiger partial charge in [0.05, 0.1) is 15.6 Å². The van der Waals surface area contributed by atoms with E-state index in [1.807, 2.05) is 24.3 Å². The van der Waals surface area contributed by atoms with Crippen LogP contribution in [0.5, 0.6) is 0 Å². The van der Waals surface area contributed by atoms with E-state index < -0.39 is 0 Å². The van der Waals surface area contributed by atoms with Gasteiger partial charge in [0.25, 0.3) is 5.56 Å². The molecule has 0 unspecified atom stereocenters. The maximum absolute atomic E-state index is 11.3. The fraction of sp³-hybridized carbons (Fsp3) is 0. The molecule has 16 heavy (non-hydrogen) atoms. The largest absolute Gasteiger partial charge is 0.398 e. The lowest BCUT2D eigenvalue weighted by Crippen LogP contribution is -2.08. The molecule has 0 saturated carbocycles. The van der Waals surface area contributed by atoms with E-state index in [9.17, 15) is 4.79 Å². The predicted octanol–water partition coefficient (Wildman–Crippen LogP) is 2.27. The van der Waals surface area contributed by atoms with Gasteiger partial charge in [0.1, 0.15) is 0 Å². The third-order valence-electron chi connectivity index (χ3n) is 1.90. The molecule has 2 rings (SSSR count). The van der Waals surface area contributed by atoms with Gasteiger partial charge in [0.2, 0.25) is 0 Å². The van der Waals surface area contributed by atoms with E-state index in [0.29, 0.717) is 10.2 Å². The van der Waals surface area contributed by atoms with Crippen molar-refractivity contribution in [2.75, 3.05) is 5.73 Å². The molecule has 0 atom stereocenters. The van der Waals surface area contributed by atoms with Gasteiger partial charge in [-0.25, -0.2) is 5.10 Å². The van der Waals surface area contributed by atoms with Gasteiger partial charge in [-0.05, 0) is 28.1 Å². The third kappa shape index (κ3) is 2.28. The van der Waals surface area contributed by atoms with Crippen LogP contribution in [0.4, 0.5) is 5.69 Å². The van der Waals surface area contributed by atoms with Crippen molar-refractivity contribution < 1.29 is 0 Å². The summed E-state index contributed by atoms with van der Waals surface area (Å²) >= 11 is 4.62. The fourth-order valence-corrected chi connectivity index (χ4v) is 2.42. The van der Waals surface area contributed by atoms with Crippen LogP contribution in [0.3, 0.4) is 0 Å². The number of nitrogens with one attached hydrogen (secondary N) is 1. The van der Waals surface area contributed by atoms with E-state index in [1.165, 1.54) is 11.8 Å². The van der Waals surface area contributed by atoms with Gasteiger partial charge >= 0.3 is 0 Å². The van der Waals surface area contributed by atoms with Gasteiger partial charge in [0.15, 0.2) is 0 Å². The summed E-state index contributed by atoms with van der Waals surface area (Å²) in [5.41, 5.74) is 6.24. The Labute approximate surface area is 104 Å². The van der Waals surface area contributed by atoms with E-state index in [0.717, 1.165) is 9.79 Å². The molecule has 0 amide bonds. The summed E-state index contributed by atoms with van der Waals surface area (Å²) in [6.07, 6.45) is 1.59. The van der Waals surface area contributed by atoms with Crippen molar-refractivity contribution in [2.45, 2.75) is 9.79 Å². The van der Waals surface area contributed by atoms with Crippen LogP contribution in [0, 0.1) is 0 Å². The summed E-state index contributed by atoms with van der Waals surface area (Å²) in [5, 5.41) is 6.09. The fourth-order valence-electron chi connectivity index (χ4n) is 1.13. The van der Waals surface area contributed by atoms with Crippen LogP contribution in [0.15, 0.2) is 49.5 Å². The Morgan fingerprint density at radius 3 is 2.81 bits per heavy atom. The third-order valence-corrected chi connectivity index (χ3v) is 4.07. The Kier molecular flexibility index (Phi) is 3.31. The molecule has 0 aliphatic rings. The Morgan fingerprint density at radius 2 is 2.06 bits per heavy atom. The Balaban J connectivity index is 2.38. The zero-order chi connectivity index (χ0) is 11.5. The van der Waals surface area contributed by atoms with Crippen molar-refractivity contribution in [1.82, 2.24) is 10.2 Å². The number of aromatic nitrogens is 2. The van der Waals surface area contributed by atoms with Crippen molar-refractivity contribution in [3.63, 3.8) is 0 Å². The number of nitrogen functional groups attached to an aromatic ring is 1. The summed E-state index contributed by atoms with van der Waals surface area (Å²) in [5.74, 6) is 0. The lowest BCUT2D eigenvalue weighted by Gasteiger charge is -2.05. The number of benzene rings is 1. The Hall–Kier alpha value is -1.27. The second kappa shape index (κ2) is 4.71. The first-order valence-electron chi connectivity index (χ1n) is 4.44. The van der Waals surface area contributed by atoms with Gasteiger partial charge in [-0.2, -0.15) is 5.10 Å². The number of hydrogen-bond donors (Lipinski definition) is 2.